The van der Waals surface area contributed by atoms with Crippen molar-refractivity contribution < 1.29 is 0 Å². The second-order valence-electron chi connectivity index (χ2n) is 3.44. The molecule has 0 radical (unpaired) electrons. The van der Waals surface area contributed by atoms with Crippen molar-refractivity contribution in [3.8, 4) is 0 Å². The summed E-state index contributed by atoms with van der Waals surface area (Å²) in [6.07, 6.45) is 5.06. The normalized spacial score (nSPS) is 12.4. The molecule has 0 aliphatic heterocycles. The van der Waals surface area contributed by atoms with Crippen LogP contribution in [-0.2, 0) is 0 Å². The van der Waals surface area contributed by atoms with E-state index in [1.54, 1.807) is 30.4 Å². The molecule has 0 spiro atoms. The van der Waals surface area contributed by atoms with Gasteiger partial charge in [-0.1, -0.05) is 35.5 Å². The Bertz CT molecular complexity index is 478. The maximum atomic E-state index is 5.97. The fourth-order valence-corrected chi connectivity index (χ4v) is 2.56. The Hall–Kier alpha value is -1.10. The number of hydrogen-bond donors (Lipinski definition) is 1. The molecule has 1 heterocycles. The molecule has 0 saturated heterocycles. The monoisotopic (exact) mass is 265 g/mol. The van der Waals surface area contributed by atoms with E-state index in [2.05, 4.69) is 9.97 Å². The standard InChI is InChI=1S/C12H12ClN3S/c13-10-3-1-2-9(6-10)11(7-14)17-12-8-15-4-5-16-12/h1-6,8,11H,7,14H2. The molecule has 5 heteroatoms. The summed E-state index contributed by atoms with van der Waals surface area (Å²) in [6.45, 7) is 0.529. The maximum absolute atomic E-state index is 5.97. The second-order valence-corrected chi connectivity index (χ2v) is 5.10. The Balaban J connectivity index is 2.17. The van der Waals surface area contributed by atoms with Gasteiger partial charge in [-0.2, -0.15) is 0 Å². The molecule has 1 unspecified atom stereocenters. The zero-order chi connectivity index (χ0) is 12.1. The molecular weight excluding hydrogens is 254 g/mol. The number of rotatable bonds is 4. The van der Waals surface area contributed by atoms with Crippen molar-refractivity contribution in [1.29, 1.82) is 0 Å². The number of benzene rings is 1. The van der Waals surface area contributed by atoms with E-state index in [0.717, 1.165) is 15.6 Å². The number of hydrogen-bond acceptors (Lipinski definition) is 4. The Morgan fingerprint density at radius 2 is 2.24 bits per heavy atom. The summed E-state index contributed by atoms with van der Waals surface area (Å²) in [7, 11) is 0. The average Bonchev–Trinajstić information content (AvgIpc) is 2.37. The van der Waals surface area contributed by atoms with E-state index in [0.29, 0.717) is 6.54 Å². The molecule has 1 aromatic heterocycles. The van der Waals surface area contributed by atoms with Gasteiger partial charge < -0.3 is 5.73 Å². The smallest absolute Gasteiger partial charge is 0.115 e. The number of thioether (sulfide) groups is 1. The molecule has 2 N–H and O–H groups in total. The molecule has 2 aromatic rings. The second kappa shape index (κ2) is 6.00. The van der Waals surface area contributed by atoms with Crippen LogP contribution in [0.15, 0.2) is 47.9 Å². The van der Waals surface area contributed by atoms with Gasteiger partial charge in [0.2, 0.25) is 0 Å². The van der Waals surface area contributed by atoms with Gasteiger partial charge in [-0.15, -0.1) is 0 Å². The van der Waals surface area contributed by atoms with E-state index >= 15 is 0 Å². The predicted octanol–water partition coefficient (Wildman–Crippen LogP) is 2.92. The molecule has 0 aliphatic rings. The fraction of sp³-hybridized carbons (Fsp3) is 0.167. The van der Waals surface area contributed by atoms with Crippen LogP contribution >= 0.6 is 23.4 Å². The molecule has 88 valence electrons. The molecule has 0 saturated carbocycles. The summed E-state index contributed by atoms with van der Waals surface area (Å²) in [6, 6.07) is 7.73. The molecule has 17 heavy (non-hydrogen) atoms. The third-order valence-corrected chi connectivity index (χ3v) is 3.67. The third-order valence-electron chi connectivity index (χ3n) is 2.24. The van der Waals surface area contributed by atoms with Gasteiger partial charge in [-0.05, 0) is 17.7 Å². The lowest BCUT2D eigenvalue weighted by molar-refractivity contribution is 0.931. The minimum atomic E-state index is 0.144. The van der Waals surface area contributed by atoms with E-state index in [1.807, 2.05) is 24.3 Å². The molecule has 1 aromatic carbocycles. The van der Waals surface area contributed by atoms with Crippen LogP contribution in [0.1, 0.15) is 10.8 Å². The van der Waals surface area contributed by atoms with Crippen LogP contribution in [-0.4, -0.2) is 16.5 Å². The van der Waals surface area contributed by atoms with E-state index < -0.39 is 0 Å². The Labute approximate surface area is 109 Å². The van der Waals surface area contributed by atoms with Gasteiger partial charge in [0.15, 0.2) is 0 Å². The van der Waals surface area contributed by atoms with Gasteiger partial charge in [0.1, 0.15) is 5.03 Å². The van der Waals surface area contributed by atoms with Crippen LogP contribution in [0.5, 0.6) is 0 Å². The minimum Gasteiger partial charge on any atom is -0.329 e. The molecule has 0 bridgehead atoms. The first-order chi connectivity index (χ1) is 8.29. The lowest BCUT2D eigenvalue weighted by atomic mass is 10.1. The lowest BCUT2D eigenvalue weighted by Crippen LogP contribution is -2.09. The Kier molecular flexibility index (Phi) is 4.36. The Morgan fingerprint density at radius 3 is 2.88 bits per heavy atom. The molecule has 3 nitrogen and oxygen atoms in total. The highest BCUT2D eigenvalue weighted by Crippen LogP contribution is 2.33. The van der Waals surface area contributed by atoms with Crippen molar-refractivity contribution in [1.82, 2.24) is 9.97 Å². The number of nitrogens with zero attached hydrogens (tertiary/aromatic N) is 2. The van der Waals surface area contributed by atoms with Crippen LogP contribution < -0.4 is 5.73 Å². The topological polar surface area (TPSA) is 51.8 Å². The summed E-state index contributed by atoms with van der Waals surface area (Å²) >= 11 is 7.56. The van der Waals surface area contributed by atoms with Crippen molar-refractivity contribution >= 4 is 23.4 Å². The number of nitrogens with two attached hydrogens (primary N) is 1. The first-order valence-corrected chi connectivity index (χ1v) is 6.43. The zero-order valence-corrected chi connectivity index (χ0v) is 10.7. The van der Waals surface area contributed by atoms with Crippen LogP contribution in [0.3, 0.4) is 0 Å². The van der Waals surface area contributed by atoms with Crippen molar-refractivity contribution in [2.24, 2.45) is 5.73 Å². The largest absolute Gasteiger partial charge is 0.329 e. The maximum Gasteiger partial charge on any atom is 0.115 e. The summed E-state index contributed by atoms with van der Waals surface area (Å²) in [5.74, 6) is 0. The Morgan fingerprint density at radius 1 is 1.35 bits per heavy atom. The summed E-state index contributed by atoms with van der Waals surface area (Å²) in [5.41, 5.74) is 6.90. The molecule has 0 fully saturated rings. The quantitative estimate of drug-likeness (QED) is 0.864. The molecule has 0 aliphatic carbocycles. The van der Waals surface area contributed by atoms with Gasteiger partial charge in [0.05, 0.1) is 6.20 Å². The highest BCUT2D eigenvalue weighted by atomic mass is 35.5. The van der Waals surface area contributed by atoms with E-state index in [1.165, 1.54) is 0 Å². The van der Waals surface area contributed by atoms with Crippen LogP contribution in [0.4, 0.5) is 0 Å². The van der Waals surface area contributed by atoms with Crippen molar-refractivity contribution in [3.05, 3.63) is 53.4 Å². The van der Waals surface area contributed by atoms with Crippen molar-refractivity contribution in [2.75, 3.05) is 6.54 Å². The van der Waals surface area contributed by atoms with E-state index in [9.17, 15) is 0 Å². The average molecular weight is 266 g/mol. The molecule has 2 rings (SSSR count). The zero-order valence-electron chi connectivity index (χ0n) is 9.08. The van der Waals surface area contributed by atoms with E-state index in [-0.39, 0.29) is 5.25 Å². The highest BCUT2D eigenvalue weighted by Gasteiger charge is 2.12. The predicted molar refractivity (Wildman–Crippen MR) is 71.1 cm³/mol. The van der Waals surface area contributed by atoms with Crippen LogP contribution in [0.2, 0.25) is 5.02 Å². The van der Waals surface area contributed by atoms with E-state index in [4.69, 9.17) is 17.3 Å². The molecular formula is C12H12ClN3S. The van der Waals surface area contributed by atoms with Crippen molar-refractivity contribution in [2.45, 2.75) is 10.3 Å². The third kappa shape index (κ3) is 3.43. The SMILES string of the molecule is NCC(Sc1cnccn1)c1cccc(Cl)c1. The van der Waals surface area contributed by atoms with Gasteiger partial charge in [0, 0.05) is 29.2 Å². The number of halogens is 1. The summed E-state index contributed by atoms with van der Waals surface area (Å²) in [5, 5.41) is 1.73. The van der Waals surface area contributed by atoms with Gasteiger partial charge in [-0.25, -0.2) is 4.98 Å². The number of aromatic nitrogens is 2. The van der Waals surface area contributed by atoms with Gasteiger partial charge in [-0.3, -0.25) is 4.98 Å². The molecule has 0 amide bonds. The fourth-order valence-electron chi connectivity index (χ4n) is 1.45. The summed E-state index contributed by atoms with van der Waals surface area (Å²) in [4.78, 5) is 8.26. The lowest BCUT2D eigenvalue weighted by Gasteiger charge is -2.14. The minimum absolute atomic E-state index is 0.144. The van der Waals surface area contributed by atoms with Crippen LogP contribution in [0, 0.1) is 0 Å². The first-order valence-electron chi connectivity index (χ1n) is 5.18. The van der Waals surface area contributed by atoms with Crippen LogP contribution in [0.25, 0.3) is 0 Å². The van der Waals surface area contributed by atoms with Gasteiger partial charge >= 0.3 is 0 Å². The highest BCUT2D eigenvalue weighted by molar-refractivity contribution is 7.99. The molecule has 1 atom stereocenters. The summed E-state index contributed by atoms with van der Waals surface area (Å²) < 4.78 is 0. The van der Waals surface area contributed by atoms with Crippen molar-refractivity contribution in [3.63, 3.8) is 0 Å². The van der Waals surface area contributed by atoms with Gasteiger partial charge in [0.25, 0.3) is 0 Å². The first kappa shape index (κ1) is 12.4.